The Labute approximate surface area is 112 Å². The zero-order valence-corrected chi connectivity index (χ0v) is 12.9. The fourth-order valence-electron chi connectivity index (χ4n) is 1.51. The SMILES string of the molecule is CCO[SiH](OCC)OC(C)CCCOCC1CO1. The second-order valence-electron chi connectivity index (χ2n) is 4.32. The normalized spacial score (nSPS) is 20.3. The van der Waals surface area contributed by atoms with Gasteiger partial charge in [-0.25, -0.2) is 0 Å². The third-order valence-corrected chi connectivity index (χ3v) is 4.45. The Kier molecular flexibility index (Phi) is 8.82. The number of rotatable bonds is 12. The minimum Gasteiger partial charge on any atom is -0.379 e. The van der Waals surface area contributed by atoms with Crippen molar-refractivity contribution in [2.75, 3.05) is 33.0 Å². The highest BCUT2D eigenvalue weighted by atomic mass is 28.3. The molecule has 0 radical (unpaired) electrons. The molecule has 1 heterocycles. The van der Waals surface area contributed by atoms with Gasteiger partial charge in [0.1, 0.15) is 6.10 Å². The molecule has 6 heteroatoms. The minimum absolute atomic E-state index is 0.167. The van der Waals surface area contributed by atoms with Crippen LogP contribution >= 0.6 is 0 Å². The average molecular weight is 278 g/mol. The van der Waals surface area contributed by atoms with Crippen LogP contribution in [0, 0.1) is 0 Å². The zero-order valence-electron chi connectivity index (χ0n) is 11.7. The minimum atomic E-state index is -1.92. The molecule has 1 saturated heterocycles. The predicted molar refractivity (Wildman–Crippen MR) is 70.7 cm³/mol. The molecule has 0 aliphatic carbocycles. The van der Waals surface area contributed by atoms with Gasteiger partial charge in [-0.05, 0) is 33.6 Å². The quantitative estimate of drug-likeness (QED) is 0.307. The van der Waals surface area contributed by atoms with Crippen LogP contribution in [0.3, 0.4) is 0 Å². The Morgan fingerprint density at radius 3 is 2.50 bits per heavy atom. The van der Waals surface area contributed by atoms with E-state index in [4.69, 9.17) is 22.8 Å². The summed E-state index contributed by atoms with van der Waals surface area (Å²) in [6.07, 6.45) is 2.48. The molecule has 1 rings (SSSR count). The maximum absolute atomic E-state index is 5.79. The maximum Gasteiger partial charge on any atom is 0.484 e. The monoisotopic (exact) mass is 278 g/mol. The third-order valence-electron chi connectivity index (χ3n) is 2.55. The van der Waals surface area contributed by atoms with E-state index in [2.05, 4.69) is 6.92 Å². The van der Waals surface area contributed by atoms with Gasteiger partial charge < -0.3 is 22.8 Å². The Balaban J connectivity index is 1.97. The number of epoxide rings is 1. The highest BCUT2D eigenvalue weighted by molar-refractivity contribution is 6.36. The largest absolute Gasteiger partial charge is 0.484 e. The molecule has 0 aromatic rings. The van der Waals surface area contributed by atoms with E-state index >= 15 is 0 Å². The van der Waals surface area contributed by atoms with Crippen LogP contribution < -0.4 is 0 Å². The molecular formula is C12H26O5Si. The first kappa shape index (κ1) is 16.1. The molecule has 0 bridgehead atoms. The smallest absolute Gasteiger partial charge is 0.379 e. The van der Waals surface area contributed by atoms with E-state index in [0.29, 0.717) is 19.3 Å². The second-order valence-corrected chi connectivity index (χ2v) is 5.83. The lowest BCUT2D eigenvalue weighted by Gasteiger charge is -2.20. The molecule has 0 N–H and O–H groups in total. The van der Waals surface area contributed by atoms with Crippen LogP contribution in [0.25, 0.3) is 0 Å². The number of hydrogen-bond donors (Lipinski definition) is 0. The van der Waals surface area contributed by atoms with Gasteiger partial charge in [-0.2, -0.15) is 0 Å². The Bertz CT molecular complexity index is 195. The highest BCUT2D eigenvalue weighted by Gasteiger charge is 2.22. The van der Waals surface area contributed by atoms with Crippen molar-refractivity contribution in [2.24, 2.45) is 0 Å². The van der Waals surface area contributed by atoms with Crippen molar-refractivity contribution in [3.63, 3.8) is 0 Å². The summed E-state index contributed by atoms with van der Waals surface area (Å²) in [5, 5.41) is 0. The van der Waals surface area contributed by atoms with E-state index in [1.165, 1.54) is 0 Å². The predicted octanol–water partition coefficient (Wildman–Crippen LogP) is 1.38. The van der Waals surface area contributed by atoms with Gasteiger partial charge in [-0.1, -0.05) is 0 Å². The average Bonchev–Trinajstić information content (AvgIpc) is 3.13. The van der Waals surface area contributed by atoms with Gasteiger partial charge in [0.05, 0.1) is 13.2 Å². The molecule has 0 spiro atoms. The van der Waals surface area contributed by atoms with Gasteiger partial charge in [0.15, 0.2) is 0 Å². The number of ether oxygens (including phenoxy) is 2. The Morgan fingerprint density at radius 2 is 1.94 bits per heavy atom. The van der Waals surface area contributed by atoms with Crippen LogP contribution in [0.5, 0.6) is 0 Å². The molecule has 0 saturated carbocycles. The molecule has 0 aromatic heterocycles. The van der Waals surface area contributed by atoms with Crippen molar-refractivity contribution in [1.29, 1.82) is 0 Å². The van der Waals surface area contributed by atoms with E-state index in [9.17, 15) is 0 Å². The molecule has 1 aliphatic rings. The maximum atomic E-state index is 5.79. The summed E-state index contributed by atoms with van der Waals surface area (Å²) in [5.41, 5.74) is 0. The second kappa shape index (κ2) is 9.88. The van der Waals surface area contributed by atoms with E-state index in [1.54, 1.807) is 0 Å². The van der Waals surface area contributed by atoms with Crippen LogP contribution in [-0.2, 0) is 22.8 Å². The zero-order chi connectivity index (χ0) is 13.2. The summed E-state index contributed by atoms with van der Waals surface area (Å²) in [6, 6.07) is 0. The molecule has 1 fully saturated rings. The van der Waals surface area contributed by atoms with Gasteiger partial charge in [-0.3, -0.25) is 0 Å². The molecule has 2 atom stereocenters. The summed E-state index contributed by atoms with van der Waals surface area (Å²) in [6.45, 7) is 9.62. The van der Waals surface area contributed by atoms with Crippen molar-refractivity contribution in [3.05, 3.63) is 0 Å². The van der Waals surface area contributed by atoms with E-state index in [1.807, 2.05) is 13.8 Å². The van der Waals surface area contributed by atoms with E-state index in [-0.39, 0.29) is 6.10 Å². The topological polar surface area (TPSA) is 49.5 Å². The van der Waals surface area contributed by atoms with E-state index in [0.717, 1.165) is 32.7 Å². The fraction of sp³-hybridized carbons (Fsp3) is 1.00. The van der Waals surface area contributed by atoms with Crippen LogP contribution in [-0.4, -0.2) is 54.8 Å². The van der Waals surface area contributed by atoms with Crippen molar-refractivity contribution < 1.29 is 22.8 Å². The van der Waals surface area contributed by atoms with Gasteiger partial charge in [0, 0.05) is 25.9 Å². The molecular weight excluding hydrogens is 252 g/mol. The molecule has 18 heavy (non-hydrogen) atoms. The van der Waals surface area contributed by atoms with Gasteiger partial charge in [-0.15, -0.1) is 0 Å². The lowest BCUT2D eigenvalue weighted by atomic mass is 10.2. The first-order valence-electron chi connectivity index (χ1n) is 6.84. The lowest BCUT2D eigenvalue weighted by Crippen LogP contribution is -2.31. The first-order chi connectivity index (χ1) is 8.76. The van der Waals surface area contributed by atoms with E-state index < -0.39 is 9.53 Å². The van der Waals surface area contributed by atoms with Gasteiger partial charge in [0.2, 0.25) is 0 Å². The Morgan fingerprint density at radius 1 is 1.28 bits per heavy atom. The highest BCUT2D eigenvalue weighted by Crippen LogP contribution is 2.10. The van der Waals surface area contributed by atoms with Gasteiger partial charge in [0.25, 0.3) is 0 Å². The summed E-state index contributed by atoms with van der Waals surface area (Å²) >= 11 is 0. The molecule has 1 aliphatic heterocycles. The summed E-state index contributed by atoms with van der Waals surface area (Å²) in [5.74, 6) is 0. The first-order valence-corrected chi connectivity index (χ1v) is 8.25. The standard InChI is InChI=1S/C12H26O5Si/c1-4-15-18(16-5-2)17-11(3)7-6-8-13-9-12-10-14-12/h11-12,18H,4-10H2,1-3H3. The summed E-state index contributed by atoms with van der Waals surface area (Å²) in [7, 11) is -1.92. The van der Waals surface area contributed by atoms with Crippen molar-refractivity contribution in [2.45, 2.75) is 45.8 Å². The van der Waals surface area contributed by atoms with Crippen molar-refractivity contribution >= 4 is 9.53 Å². The summed E-state index contributed by atoms with van der Waals surface area (Å²) < 4.78 is 27.3. The fourth-order valence-corrected chi connectivity index (χ4v) is 2.82. The van der Waals surface area contributed by atoms with Crippen molar-refractivity contribution in [1.82, 2.24) is 0 Å². The number of hydrogen-bond acceptors (Lipinski definition) is 5. The van der Waals surface area contributed by atoms with Crippen LogP contribution in [0.2, 0.25) is 0 Å². The third kappa shape index (κ3) is 8.18. The van der Waals surface area contributed by atoms with Crippen LogP contribution in [0.15, 0.2) is 0 Å². The molecule has 2 unspecified atom stereocenters. The molecule has 0 amide bonds. The molecule has 108 valence electrons. The van der Waals surface area contributed by atoms with Crippen molar-refractivity contribution in [3.8, 4) is 0 Å². The molecule has 0 aromatic carbocycles. The Hall–Kier alpha value is 0.0169. The van der Waals surface area contributed by atoms with Gasteiger partial charge >= 0.3 is 9.53 Å². The summed E-state index contributed by atoms with van der Waals surface area (Å²) in [4.78, 5) is 0. The lowest BCUT2D eigenvalue weighted by molar-refractivity contribution is 0.0577. The molecule has 5 nitrogen and oxygen atoms in total. The van der Waals surface area contributed by atoms with Crippen LogP contribution in [0.4, 0.5) is 0 Å². The van der Waals surface area contributed by atoms with Crippen LogP contribution in [0.1, 0.15) is 33.6 Å².